The molecule has 0 aliphatic heterocycles. The summed E-state index contributed by atoms with van der Waals surface area (Å²) < 4.78 is 20.0. The van der Waals surface area contributed by atoms with E-state index in [0.29, 0.717) is 23.4 Å². The molecule has 2 aromatic carbocycles. The molecule has 0 unspecified atom stereocenters. The van der Waals surface area contributed by atoms with E-state index in [9.17, 15) is 19.2 Å². The van der Waals surface area contributed by atoms with E-state index in [0.717, 1.165) is 17.1 Å². The smallest absolute Gasteiger partial charge is 0.338 e. The number of hydrogen-bond donors (Lipinski definition) is 1. The third kappa shape index (κ3) is 4.93. The van der Waals surface area contributed by atoms with E-state index < -0.39 is 11.7 Å². The summed E-state index contributed by atoms with van der Waals surface area (Å²) in [6.45, 7) is 5.85. The lowest BCUT2D eigenvalue weighted by atomic mass is 10.1. The van der Waals surface area contributed by atoms with Crippen LogP contribution in [0.3, 0.4) is 0 Å². The van der Waals surface area contributed by atoms with Crippen molar-refractivity contribution in [1.29, 1.82) is 5.26 Å². The number of esters is 1. The summed E-state index contributed by atoms with van der Waals surface area (Å²) in [4.78, 5) is 24.4. The topological polar surface area (TPSA) is 84.1 Å². The molecule has 162 valence electrons. The second-order valence-corrected chi connectivity index (χ2v) is 7.06. The first-order valence-corrected chi connectivity index (χ1v) is 9.99. The fraction of sp³-hybridized carbons (Fsp3) is 0.160. The Balaban J connectivity index is 1.87. The van der Waals surface area contributed by atoms with Crippen LogP contribution in [0.1, 0.15) is 34.2 Å². The van der Waals surface area contributed by atoms with Crippen LogP contribution in [0.5, 0.6) is 0 Å². The van der Waals surface area contributed by atoms with Gasteiger partial charge < -0.3 is 14.6 Å². The van der Waals surface area contributed by atoms with Crippen LogP contribution in [0.2, 0.25) is 0 Å². The summed E-state index contributed by atoms with van der Waals surface area (Å²) in [5, 5.41) is 12.1. The van der Waals surface area contributed by atoms with E-state index in [1.54, 1.807) is 19.1 Å². The maximum atomic E-state index is 13.1. The van der Waals surface area contributed by atoms with Gasteiger partial charge >= 0.3 is 5.97 Å². The predicted molar refractivity (Wildman–Crippen MR) is 120 cm³/mol. The first-order chi connectivity index (χ1) is 15.3. The van der Waals surface area contributed by atoms with Crippen molar-refractivity contribution in [2.24, 2.45) is 0 Å². The van der Waals surface area contributed by atoms with E-state index in [4.69, 9.17) is 4.74 Å². The minimum atomic E-state index is -0.581. The lowest BCUT2D eigenvalue weighted by Crippen LogP contribution is -2.13. The van der Waals surface area contributed by atoms with E-state index in [1.165, 1.54) is 30.3 Å². The molecular weight excluding hydrogens is 409 g/mol. The molecule has 0 aliphatic rings. The molecule has 3 rings (SSSR count). The summed E-state index contributed by atoms with van der Waals surface area (Å²) in [6.07, 6.45) is 1.52. The van der Waals surface area contributed by atoms with Crippen molar-refractivity contribution in [3.63, 3.8) is 0 Å². The van der Waals surface area contributed by atoms with Gasteiger partial charge in [-0.3, -0.25) is 4.79 Å². The van der Waals surface area contributed by atoms with Gasteiger partial charge in [0.2, 0.25) is 0 Å². The normalized spacial score (nSPS) is 11.0. The molecule has 0 saturated carbocycles. The average Bonchev–Trinajstić information content (AvgIpc) is 3.06. The van der Waals surface area contributed by atoms with Gasteiger partial charge in [-0.1, -0.05) is 0 Å². The monoisotopic (exact) mass is 431 g/mol. The van der Waals surface area contributed by atoms with Crippen LogP contribution in [0.25, 0.3) is 11.8 Å². The number of carbonyl (C=O) groups excluding carboxylic acids is 2. The third-order valence-electron chi connectivity index (χ3n) is 4.87. The van der Waals surface area contributed by atoms with Gasteiger partial charge in [0.1, 0.15) is 17.5 Å². The number of anilines is 1. The van der Waals surface area contributed by atoms with E-state index >= 15 is 0 Å². The van der Waals surface area contributed by atoms with Gasteiger partial charge in [-0.25, -0.2) is 9.18 Å². The van der Waals surface area contributed by atoms with Crippen LogP contribution >= 0.6 is 0 Å². The van der Waals surface area contributed by atoms with Gasteiger partial charge in [-0.15, -0.1) is 0 Å². The molecule has 1 amide bonds. The number of halogens is 1. The molecule has 1 N–H and O–H groups in total. The van der Waals surface area contributed by atoms with Crippen LogP contribution in [-0.4, -0.2) is 23.1 Å². The van der Waals surface area contributed by atoms with Crippen molar-refractivity contribution >= 4 is 23.6 Å². The lowest BCUT2D eigenvalue weighted by Gasteiger charge is -2.10. The first-order valence-electron chi connectivity index (χ1n) is 9.99. The van der Waals surface area contributed by atoms with Gasteiger partial charge in [-0.2, -0.15) is 5.26 Å². The third-order valence-corrected chi connectivity index (χ3v) is 4.87. The van der Waals surface area contributed by atoms with Crippen LogP contribution < -0.4 is 5.32 Å². The Bertz CT molecular complexity index is 1220. The van der Waals surface area contributed by atoms with E-state index in [-0.39, 0.29) is 11.5 Å². The Hall–Kier alpha value is -4.18. The van der Waals surface area contributed by atoms with Crippen molar-refractivity contribution in [3.8, 4) is 11.8 Å². The van der Waals surface area contributed by atoms with Crippen LogP contribution in [0, 0.1) is 31.0 Å². The number of carbonyl (C=O) groups is 2. The van der Waals surface area contributed by atoms with Gasteiger partial charge in [0.25, 0.3) is 5.91 Å². The van der Waals surface area contributed by atoms with Gasteiger partial charge in [-0.05, 0) is 87.0 Å². The van der Waals surface area contributed by atoms with Gasteiger partial charge in [0, 0.05) is 22.8 Å². The SMILES string of the molecule is CCOC(=O)c1ccc(-n2c(C)cc(/C=C(/C#N)C(=O)Nc3ccc(F)cc3)c2C)cc1. The zero-order chi connectivity index (χ0) is 23.3. The largest absolute Gasteiger partial charge is 0.462 e. The Kier molecular flexibility index (Phi) is 6.86. The van der Waals surface area contributed by atoms with E-state index in [2.05, 4.69) is 5.32 Å². The van der Waals surface area contributed by atoms with Crippen LogP contribution in [0.15, 0.2) is 60.2 Å². The first kappa shape index (κ1) is 22.5. The van der Waals surface area contributed by atoms with Crippen molar-refractivity contribution in [2.45, 2.75) is 20.8 Å². The summed E-state index contributed by atoms with van der Waals surface area (Å²) in [5.74, 6) is -1.38. The predicted octanol–water partition coefficient (Wildman–Crippen LogP) is 4.96. The van der Waals surface area contributed by atoms with E-state index in [1.807, 2.05) is 42.7 Å². The Morgan fingerprint density at radius 1 is 1.12 bits per heavy atom. The minimum Gasteiger partial charge on any atom is -0.462 e. The quantitative estimate of drug-likeness (QED) is 0.340. The number of amides is 1. The fourth-order valence-electron chi connectivity index (χ4n) is 3.33. The van der Waals surface area contributed by atoms with Crippen LogP contribution in [-0.2, 0) is 9.53 Å². The molecule has 0 saturated heterocycles. The Morgan fingerprint density at radius 2 is 1.78 bits per heavy atom. The van der Waals surface area contributed by atoms with Crippen molar-refractivity contribution in [1.82, 2.24) is 4.57 Å². The number of nitrogens with one attached hydrogen (secondary N) is 1. The summed E-state index contributed by atoms with van der Waals surface area (Å²) in [7, 11) is 0. The summed E-state index contributed by atoms with van der Waals surface area (Å²) in [5.41, 5.74) is 4.05. The Morgan fingerprint density at radius 3 is 2.38 bits per heavy atom. The molecule has 6 nitrogen and oxygen atoms in total. The number of hydrogen-bond acceptors (Lipinski definition) is 4. The lowest BCUT2D eigenvalue weighted by molar-refractivity contribution is -0.112. The number of nitrogens with zero attached hydrogens (tertiary/aromatic N) is 2. The molecular formula is C25H22FN3O3. The van der Waals surface area contributed by atoms with Crippen molar-refractivity contribution < 1.29 is 18.7 Å². The number of aromatic nitrogens is 1. The molecule has 0 fully saturated rings. The number of rotatable bonds is 6. The zero-order valence-electron chi connectivity index (χ0n) is 18.0. The highest BCUT2D eigenvalue weighted by Gasteiger charge is 2.15. The standard InChI is InChI=1S/C25H22FN3O3/c1-4-32-25(31)18-5-11-23(12-6-18)29-16(2)13-19(17(29)3)14-20(15-27)24(30)28-22-9-7-21(26)8-10-22/h5-14H,4H2,1-3H3,(H,28,30)/b20-14-. The summed E-state index contributed by atoms with van der Waals surface area (Å²) >= 11 is 0. The highest BCUT2D eigenvalue weighted by Crippen LogP contribution is 2.24. The summed E-state index contributed by atoms with van der Waals surface area (Å²) in [6, 6.07) is 16.1. The molecule has 1 heterocycles. The maximum Gasteiger partial charge on any atom is 0.338 e. The molecule has 0 aliphatic carbocycles. The minimum absolute atomic E-state index is 0.0766. The fourth-order valence-corrected chi connectivity index (χ4v) is 3.33. The maximum absolute atomic E-state index is 13.1. The van der Waals surface area contributed by atoms with Gasteiger partial charge in [0.15, 0.2) is 0 Å². The molecule has 32 heavy (non-hydrogen) atoms. The Labute approximate surface area is 185 Å². The molecule has 0 atom stereocenters. The highest BCUT2D eigenvalue weighted by molar-refractivity contribution is 6.09. The number of benzene rings is 2. The number of nitriles is 1. The molecule has 1 aromatic heterocycles. The molecule has 7 heteroatoms. The van der Waals surface area contributed by atoms with Crippen LogP contribution in [0.4, 0.5) is 10.1 Å². The second kappa shape index (κ2) is 9.75. The van der Waals surface area contributed by atoms with Gasteiger partial charge in [0.05, 0.1) is 12.2 Å². The highest BCUT2D eigenvalue weighted by atomic mass is 19.1. The number of aryl methyl sites for hydroxylation is 1. The van der Waals surface area contributed by atoms with Crippen molar-refractivity contribution in [3.05, 3.63) is 88.5 Å². The number of ether oxygens (including phenoxy) is 1. The average molecular weight is 431 g/mol. The molecule has 0 spiro atoms. The molecule has 0 bridgehead atoms. The molecule has 0 radical (unpaired) electrons. The van der Waals surface area contributed by atoms with Crippen molar-refractivity contribution in [2.75, 3.05) is 11.9 Å². The molecule has 3 aromatic rings. The zero-order valence-corrected chi connectivity index (χ0v) is 18.0. The second-order valence-electron chi connectivity index (χ2n) is 7.06.